The topological polar surface area (TPSA) is 80.8 Å². The number of piperidine rings is 2. The van der Waals surface area contributed by atoms with Crippen molar-refractivity contribution in [3.05, 3.63) is 95.8 Å². The van der Waals surface area contributed by atoms with Crippen molar-refractivity contribution in [1.29, 1.82) is 0 Å². The summed E-state index contributed by atoms with van der Waals surface area (Å²) in [5.41, 5.74) is -2.26. The van der Waals surface area contributed by atoms with Gasteiger partial charge in [0.15, 0.2) is 0 Å². The molecule has 2 fully saturated rings. The fraction of sp³-hybridized carbons (Fsp3) is 0.387. The van der Waals surface area contributed by atoms with E-state index in [0.717, 1.165) is 18.4 Å². The fourth-order valence-electron chi connectivity index (χ4n) is 6.22. The second-order valence-electron chi connectivity index (χ2n) is 10.6. The number of carbonyl (C=O) groups excluding carboxylic acids is 2. The van der Waals surface area contributed by atoms with Gasteiger partial charge in [0, 0.05) is 50.8 Å². The molecule has 1 spiro atoms. The number of hydrogen-bond acceptors (Lipinski definition) is 5. The molecule has 10 heteroatoms. The van der Waals surface area contributed by atoms with Crippen molar-refractivity contribution in [3.63, 3.8) is 0 Å². The Morgan fingerprint density at radius 3 is 2.37 bits per heavy atom. The zero-order valence-electron chi connectivity index (χ0n) is 22.7. The number of amides is 2. The zero-order chi connectivity index (χ0) is 29.1. The normalized spacial score (nSPS) is 20.2. The Balaban J connectivity index is 1.40. The van der Waals surface area contributed by atoms with Crippen LogP contribution < -0.4 is 10.1 Å². The molecule has 0 aliphatic carbocycles. The number of rotatable bonds is 7. The SMILES string of the molecule is CO[C@@](C(=O)N1CCC2(CC1)CC(=O)NCC2c1ccccc1OCc1ccccn1)(c1ccccc1)C(F)(F)F. The monoisotopic (exact) mass is 567 g/mol. The molecule has 216 valence electrons. The summed E-state index contributed by atoms with van der Waals surface area (Å²) in [6.07, 6.45) is -2.36. The van der Waals surface area contributed by atoms with Crippen molar-refractivity contribution in [2.24, 2.45) is 5.41 Å². The summed E-state index contributed by atoms with van der Waals surface area (Å²) in [6.45, 7) is 0.759. The molecule has 1 aromatic heterocycles. The molecular formula is C31H32F3N3O4. The summed E-state index contributed by atoms with van der Waals surface area (Å²) >= 11 is 0. The molecule has 5 rings (SSSR count). The number of nitrogens with zero attached hydrogens (tertiary/aromatic N) is 2. The van der Waals surface area contributed by atoms with Gasteiger partial charge in [-0.25, -0.2) is 0 Å². The molecule has 2 saturated heterocycles. The number of halogens is 3. The Bertz CT molecular complexity index is 1360. The molecule has 0 saturated carbocycles. The first-order valence-corrected chi connectivity index (χ1v) is 13.6. The summed E-state index contributed by atoms with van der Waals surface area (Å²) < 4.78 is 54.8. The number of carbonyl (C=O) groups is 2. The minimum Gasteiger partial charge on any atom is -0.487 e. The summed E-state index contributed by atoms with van der Waals surface area (Å²) in [5, 5.41) is 2.96. The van der Waals surface area contributed by atoms with Crippen LogP contribution in [-0.2, 0) is 26.5 Å². The van der Waals surface area contributed by atoms with E-state index in [0.29, 0.717) is 25.1 Å². The van der Waals surface area contributed by atoms with Gasteiger partial charge in [-0.05, 0) is 42.0 Å². The van der Waals surface area contributed by atoms with Gasteiger partial charge >= 0.3 is 6.18 Å². The van der Waals surface area contributed by atoms with E-state index in [2.05, 4.69) is 10.3 Å². The molecule has 0 radical (unpaired) electrons. The summed E-state index contributed by atoms with van der Waals surface area (Å²) in [4.78, 5) is 31.8. The van der Waals surface area contributed by atoms with Gasteiger partial charge in [0.05, 0.1) is 5.69 Å². The number of aromatic nitrogens is 1. The van der Waals surface area contributed by atoms with Gasteiger partial charge in [-0.2, -0.15) is 13.2 Å². The van der Waals surface area contributed by atoms with E-state index in [9.17, 15) is 22.8 Å². The molecule has 2 aromatic carbocycles. The molecule has 2 aliphatic heterocycles. The van der Waals surface area contributed by atoms with Crippen molar-refractivity contribution in [1.82, 2.24) is 15.2 Å². The van der Waals surface area contributed by atoms with E-state index >= 15 is 0 Å². The number of ether oxygens (including phenoxy) is 2. The van der Waals surface area contributed by atoms with Gasteiger partial charge in [0.25, 0.3) is 11.5 Å². The van der Waals surface area contributed by atoms with Crippen LogP contribution in [0.3, 0.4) is 0 Å². The minimum absolute atomic E-state index is 0.0631. The van der Waals surface area contributed by atoms with Crippen molar-refractivity contribution < 1.29 is 32.2 Å². The van der Waals surface area contributed by atoms with Crippen LogP contribution >= 0.6 is 0 Å². The maximum absolute atomic E-state index is 14.5. The molecule has 3 aromatic rings. The average molecular weight is 568 g/mol. The molecule has 0 bridgehead atoms. The van der Waals surface area contributed by atoms with Crippen LogP contribution in [0.4, 0.5) is 13.2 Å². The maximum Gasteiger partial charge on any atom is 0.430 e. The quantitative estimate of drug-likeness (QED) is 0.436. The fourth-order valence-corrected chi connectivity index (χ4v) is 6.22. The van der Waals surface area contributed by atoms with E-state index in [1.807, 2.05) is 42.5 Å². The first-order chi connectivity index (χ1) is 19.7. The number of nitrogens with one attached hydrogen (secondary N) is 1. The molecular weight excluding hydrogens is 535 g/mol. The van der Waals surface area contributed by atoms with E-state index in [-0.39, 0.29) is 43.5 Å². The van der Waals surface area contributed by atoms with Gasteiger partial charge in [-0.3, -0.25) is 14.6 Å². The molecule has 3 heterocycles. The molecule has 7 nitrogen and oxygen atoms in total. The second-order valence-corrected chi connectivity index (χ2v) is 10.6. The summed E-state index contributed by atoms with van der Waals surface area (Å²) in [5.74, 6) is -0.749. The number of pyridine rings is 1. The highest BCUT2D eigenvalue weighted by Gasteiger charge is 2.64. The lowest BCUT2D eigenvalue weighted by Gasteiger charge is -2.50. The first-order valence-electron chi connectivity index (χ1n) is 13.6. The van der Waals surface area contributed by atoms with E-state index in [1.165, 1.54) is 29.2 Å². The highest BCUT2D eigenvalue weighted by molar-refractivity contribution is 5.88. The van der Waals surface area contributed by atoms with Gasteiger partial charge in [-0.1, -0.05) is 54.6 Å². The van der Waals surface area contributed by atoms with Crippen LogP contribution in [0.5, 0.6) is 5.75 Å². The van der Waals surface area contributed by atoms with E-state index < -0.39 is 23.1 Å². The molecule has 1 unspecified atom stereocenters. The van der Waals surface area contributed by atoms with Crippen LogP contribution in [-0.4, -0.2) is 54.6 Å². The molecule has 2 atom stereocenters. The van der Waals surface area contributed by atoms with Crippen LogP contribution in [0.15, 0.2) is 79.0 Å². The van der Waals surface area contributed by atoms with Gasteiger partial charge < -0.3 is 19.7 Å². The average Bonchev–Trinajstić information content (AvgIpc) is 2.98. The number of methoxy groups -OCH3 is 1. The Labute approximate surface area is 236 Å². The third kappa shape index (κ3) is 5.40. The highest BCUT2D eigenvalue weighted by Crippen LogP contribution is 2.52. The van der Waals surface area contributed by atoms with Crippen molar-refractivity contribution in [2.45, 2.75) is 43.6 Å². The van der Waals surface area contributed by atoms with Crippen LogP contribution in [0.2, 0.25) is 0 Å². The number of benzene rings is 2. The van der Waals surface area contributed by atoms with Crippen molar-refractivity contribution in [3.8, 4) is 5.75 Å². The number of alkyl halides is 3. The Morgan fingerprint density at radius 2 is 1.71 bits per heavy atom. The van der Waals surface area contributed by atoms with Crippen LogP contribution in [0.25, 0.3) is 0 Å². The lowest BCUT2D eigenvalue weighted by atomic mass is 9.62. The second kappa shape index (κ2) is 11.5. The predicted molar refractivity (Wildman–Crippen MR) is 145 cm³/mol. The van der Waals surface area contributed by atoms with Gasteiger partial charge in [0.2, 0.25) is 5.91 Å². The van der Waals surface area contributed by atoms with Crippen molar-refractivity contribution >= 4 is 11.8 Å². The first kappa shape index (κ1) is 28.6. The molecule has 2 amide bonds. The summed E-state index contributed by atoms with van der Waals surface area (Å²) in [7, 11) is 0.910. The smallest absolute Gasteiger partial charge is 0.430 e. The van der Waals surface area contributed by atoms with Crippen LogP contribution in [0.1, 0.15) is 42.0 Å². The maximum atomic E-state index is 14.5. The standard InChI is InChI=1S/C31H32F3N3O4/c1-40-30(31(32,33)34,22-9-3-2-4-10-22)28(39)37-17-14-29(15-18-37)19-27(38)36-20-25(29)24-12-5-6-13-26(24)41-21-23-11-7-8-16-35-23/h2-13,16,25H,14-15,17-21H2,1H3,(H,36,38)/t25?,30-/m1/s1. The van der Waals surface area contributed by atoms with Crippen molar-refractivity contribution in [2.75, 3.05) is 26.7 Å². The molecule has 2 aliphatic rings. The predicted octanol–water partition coefficient (Wildman–Crippen LogP) is 4.98. The largest absolute Gasteiger partial charge is 0.487 e. The highest BCUT2D eigenvalue weighted by atomic mass is 19.4. The van der Waals surface area contributed by atoms with Crippen LogP contribution in [0, 0.1) is 5.41 Å². The summed E-state index contributed by atoms with van der Waals surface area (Å²) in [6, 6.07) is 20.2. The third-order valence-corrected chi connectivity index (χ3v) is 8.38. The molecule has 41 heavy (non-hydrogen) atoms. The Morgan fingerprint density at radius 1 is 1.02 bits per heavy atom. The molecule has 1 N–H and O–H groups in total. The number of para-hydroxylation sites is 1. The number of hydrogen-bond donors (Lipinski definition) is 1. The third-order valence-electron chi connectivity index (χ3n) is 8.38. The van der Waals surface area contributed by atoms with Gasteiger partial charge in [-0.15, -0.1) is 0 Å². The Kier molecular flexibility index (Phi) is 8.04. The van der Waals surface area contributed by atoms with E-state index in [1.54, 1.807) is 12.3 Å². The van der Waals surface area contributed by atoms with Gasteiger partial charge in [0.1, 0.15) is 12.4 Å². The Hall–Kier alpha value is -3.92. The minimum atomic E-state index is -4.98. The van der Waals surface area contributed by atoms with E-state index in [4.69, 9.17) is 9.47 Å². The number of likely N-dealkylation sites (tertiary alicyclic amines) is 1. The lowest BCUT2D eigenvalue weighted by molar-refractivity contribution is -0.271. The zero-order valence-corrected chi connectivity index (χ0v) is 22.7. The lowest BCUT2D eigenvalue weighted by Crippen LogP contribution is -2.60.